The van der Waals surface area contributed by atoms with Crippen molar-refractivity contribution < 1.29 is 4.79 Å². The highest BCUT2D eigenvalue weighted by Gasteiger charge is 2.07. The van der Waals surface area contributed by atoms with Crippen molar-refractivity contribution in [3.05, 3.63) is 88.7 Å². The number of hydrogen-bond acceptors (Lipinski definition) is 3. The lowest BCUT2D eigenvalue weighted by molar-refractivity contribution is -0.117. The topological polar surface area (TPSA) is 59.8 Å². The molecule has 0 saturated carbocycles. The third-order valence-electron chi connectivity index (χ3n) is 3.88. The van der Waals surface area contributed by atoms with Crippen LogP contribution in [0.3, 0.4) is 0 Å². The van der Waals surface area contributed by atoms with Crippen LogP contribution in [0.2, 0.25) is 5.02 Å². The van der Waals surface area contributed by atoms with Crippen LogP contribution < -0.4 is 5.32 Å². The van der Waals surface area contributed by atoms with E-state index in [1.54, 1.807) is 29.1 Å². The molecule has 0 bridgehead atoms. The third kappa shape index (κ3) is 5.04. The average molecular weight is 367 g/mol. The maximum absolute atomic E-state index is 12.1. The van der Waals surface area contributed by atoms with Crippen molar-refractivity contribution in [1.82, 2.24) is 20.3 Å². The van der Waals surface area contributed by atoms with Gasteiger partial charge in [0.05, 0.1) is 18.8 Å². The van der Waals surface area contributed by atoms with E-state index < -0.39 is 0 Å². The summed E-state index contributed by atoms with van der Waals surface area (Å²) in [7, 11) is 0. The van der Waals surface area contributed by atoms with E-state index in [4.69, 9.17) is 11.6 Å². The number of benzene rings is 2. The monoisotopic (exact) mass is 366 g/mol. The predicted octanol–water partition coefficient (Wildman–Crippen LogP) is 3.87. The molecule has 1 aromatic heterocycles. The van der Waals surface area contributed by atoms with E-state index in [-0.39, 0.29) is 11.9 Å². The van der Waals surface area contributed by atoms with Crippen molar-refractivity contribution in [3.8, 4) is 0 Å². The van der Waals surface area contributed by atoms with Crippen LogP contribution in [-0.2, 0) is 11.3 Å². The molecule has 132 valence electrons. The van der Waals surface area contributed by atoms with E-state index in [0.717, 1.165) is 11.1 Å². The Kier molecular flexibility index (Phi) is 5.81. The largest absolute Gasteiger partial charge is 0.346 e. The highest BCUT2D eigenvalue weighted by Crippen LogP contribution is 2.16. The fourth-order valence-electron chi connectivity index (χ4n) is 2.49. The van der Waals surface area contributed by atoms with Gasteiger partial charge in [-0.15, -0.1) is 5.10 Å². The minimum atomic E-state index is -0.190. The van der Waals surface area contributed by atoms with Crippen LogP contribution in [-0.4, -0.2) is 20.9 Å². The number of halogens is 1. The molecule has 2 aromatic carbocycles. The number of rotatable bonds is 6. The van der Waals surface area contributed by atoms with Crippen LogP contribution in [0.4, 0.5) is 0 Å². The molecule has 3 rings (SSSR count). The van der Waals surface area contributed by atoms with E-state index in [9.17, 15) is 4.79 Å². The Morgan fingerprint density at radius 3 is 2.65 bits per heavy atom. The van der Waals surface area contributed by atoms with Crippen LogP contribution in [0.25, 0.3) is 6.08 Å². The summed E-state index contributed by atoms with van der Waals surface area (Å²) in [6.45, 7) is 2.56. The Bertz CT molecular complexity index is 888. The Morgan fingerprint density at radius 2 is 1.92 bits per heavy atom. The lowest BCUT2D eigenvalue weighted by Crippen LogP contribution is -2.24. The van der Waals surface area contributed by atoms with E-state index >= 15 is 0 Å². The summed E-state index contributed by atoms with van der Waals surface area (Å²) >= 11 is 5.88. The fourth-order valence-corrected chi connectivity index (χ4v) is 2.62. The van der Waals surface area contributed by atoms with Gasteiger partial charge in [-0.2, -0.15) is 0 Å². The SMILES string of the molecule is C[C@@H](NC(=O)/C=C/c1cn(Cc2ccccc2)nn1)c1ccc(Cl)cc1. The molecule has 1 atom stereocenters. The normalized spacial score (nSPS) is 12.2. The first-order valence-corrected chi connectivity index (χ1v) is 8.66. The Balaban J connectivity index is 1.55. The summed E-state index contributed by atoms with van der Waals surface area (Å²) in [4.78, 5) is 12.1. The molecule has 26 heavy (non-hydrogen) atoms. The molecule has 0 aliphatic carbocycles. The minimum absolute atomic E-state index is 0.113. The molecule has 0 spiro atoms. The molecular weight excluding hydrogens is 348 g/mol. The van der Waals surface area contributed by atoms with Crippen molar-refractivity contribution in [1.29, 1.82) is 0 Å². The maximum Gasteiger partial charge on any atom is 0.244 e. The number of carbonyl (C=O) groups is 1. The molecule has 0 aliphatic heterocycles. The van der Waals surface area contributed by atoms with Gasteiger partial charge in [0.15, 0.2) is 0 Å². The van der Waals surface area contributed by atoms with Crippen molar-refractivity contribution in [3.63, 3.8) is 0 Å². The molecule has 0 saturated heterocycles. The standard InChI is InChI=1S/C20H19ClN4O/c1-15(17-7-9-18(21)10-8-17)22-20(26)12-11-19-14-25(24-23-19)13-16-5-3-2-4-6-16/h2-12,14-15H,13H2,1H3,(H,22,26)/b12-11+/t15-/m1/s1. The van der Waals surface area contributed by atoms with E-state index in [0.29, 0.717) is 17.3 Å². The minimum Gasteiger partial charge on any atom is -0.346 e. The number of carbonyl (C=O) groups excluding carboxylic acids is 1. The zero-order chi connectivity index (χ0) is 18.4. The maximum atomic E-state index is 12.1. The van der Waals surface area contributed by atoms with Crippen molar-refractivity contribution in [2.24, 2.45) is 0 Å². The second-order valence-electron chi connectivity index (χ2n) is 5.94. The van der Waals surface area contributed by atoms with E-state index in [2.05, 4.69) is 15.6 Å². The number of aromatic nitrogens is 3. The quantitative estimate of drug-likeness (QED) is 0.674. The van der Waals surface area contributed by atoms with Crippen LogP contribution >= 0.6 is 11.6 Å². The molecule has 1 amide bonds. The number of nitrogens with one attached hydrogen (secondary N) is 1. The smallest absolute Gasteiger partial charge is 0.244 e. The zero-order valence-electron chi connectivity index (χ0n) is 14.3. The molecule has 3 aromatic rings. The lowest BCUT2D eigenvalue weighted by Gasteiger charge is -2.12. The second-order valence-corrected chi connectivity index (χ2v) is 6.38. The molecule has 0 radical (unpaired) electrons. The number of amides is 1. The van der Waals surface area contributed by atoms with Crippen molar-refractivity contribution >= 4 is 23.6 Å². The van der Waals surface area contributed by atoms with E-state index in [1.807, 2.05) is 49.4 Å². The number of nitrogens with zero attached hydrogens (tertiary/aromatic N) is 3. The summed E-state index contributed by atoms with van der Waals surface area (Å²) in [6.07, 6.45) is 4.92. The molecule has 0 aliphatic rings. The summed E-state index contributed by atoms with van der Waals surface area (Å²) < 4.78 is 1.74. The van der Waals surface area contributed by atoms with Crippen molar-refractivity contribution in [2.45, 2.75) is 19.5 Å². The van der Waals surface area contributed by atoms with Crippen molar-refractivity contribution in [2.75, 3.05) is 0 Å². The summed E-state index contributed by atoms with van der Waals surface area (Å²) in [6, 6.07) is 17.3. The van der Waals surface area contributed by atoms with Gasteiger partial charge >= 0.3 is 0 Å². The Hall–Kier alpha value is -2.92. The first kappa shape index (κ1) is 17.9. The lowest BCUT2D eigenvalue weighted by atomic mass is 10.1. The molecule has 5 nitrogen and oxygen atoms in total. The van der Waals surface area contributed by atoms with Gasteiger partial charge in [-0.1, -0.05) is 59.3 Å². The van der Waals surface area contributed by atoms with Gasteiger partial charge in [0.2, 0.25) is 5.91 Å². The number of hydrogen-bond donors (Lipinski definition) is 1. The van der Waals surface area contributed by atoms with Gasteiger partial charge < -0.3 is 5.32 Å². The first-order valence-electron chi connectivity index (χ1n) is 8.28. The second kappa shape index (κ2) is 8.45. The van der Waals surface area contributed by atoms with Gasteiger partial charge in [-0.25, -0.2) is 4.68 Å². The highest BCUT2D eigenvalue weighted by atomic mass is 35.5. The third-order valence-corrected chi connectivity index (χ3v) is 4.13. The molecule has 1 N–H and O–H groups in total. The van der Waals surface area contributed by atoms with Gasteiger partial charge in [0.25, 0.3) is 0 Å². The Labute approximate surface area is 157 Å². The van der Waals surface area contributed by atoms with Gasteiger partial charge in [0.1, 0.15) is 5.69 Å². The zero-order valence-corrected chi connectivity index (χ0v) is 15.1. The Morgan fingerprint density at radius 1 is 1.19 bits per heavy atom. The van der Waals surface area contributed by atoms with Crippen LogP contribution in [0, 0.1) is 0 Å². The van der Waals surface area contributed by atoms with Crippen LogP contribution in [0.1, 0.15) is 29.8 Å². The molecule has 1 heterocycles. The van der Waals surface area contributed by atoms with Gasteiger partial charge in [-0.05, 0) is 36.3 Å². The highest BCUT2D eigenvalue weighted by molar-refractivity contribution is 6.30. The van der Waals surface area contributed by atoms with Gasteiger partial charge in [0, 0.05) is 11.1 Å². The summed E-state index contributed by atoms with van der Waals surface area (Å²) in [5.74, 6) is -0.190. The molecule has 6 heteroatoms. The average Bonchev–Trinajstić information content (AvgIpc) is 3.09. The van der Waals surface area contributed by atoms with E-state index in [1.165, 1.54) is 6.08 Å². The van der Waals surface area contributed by atoms with Crippen LogP contribution in [0.5, 0.6) is 0 Å². The van der Waals surface area contributed by atoms with Gasteiger partial charge in [-0.3, -0.25) is 4.79 Å². The fraction of sp³-hybridized carbons (Fsp3) is 0.150. The first-order chi connectivity index (χ1) is 12.6. The molecule has 0 unspecified atom stereocenters. The van der Waals surface area contributed by atoms with Crippen LogP contribution in [0.15, 0.2) is 66.9 Å². The molecule has 0 fully saturated rings. The molecular formula is C20H19ClN4O. The predicted molar refractivity (Wildman–Crippen MR) is 103 cm³/mol. The summed E-state index contributed by atoms with van der Waals surface area (Å²) in [5.41, 5.74) is 2.77. The summed E-state index contributed by atoms with van der Waals surface area (Å²) in [5, 5.41) is 11.7.